The number of fused-ring (bicyclic) bond motifs is 3. The lowest BCUT2D eigenvalue weighted by Gasteiger charge is -2.26. The maximum absolute atomic E-state index is 12.1. The fraction of sp³-hybridized carbons (Fsp3) is 0.529. The van der Waals surface area contributed by atoms with Crippen LogP contribution in [0.5, 0.6) is 0 Å². The Morgan fingerprint density at radius 3 is 2.00 bits per heavy atom. The fourth-order valence-electron chi connectivity index (χ4n) is 4.74. The van der Waals surface area contributed by atoms with Crippen LogP contribution in [-0.4, -0.2) is 11.8 Å². The van der Waals surface area contributed by atoms with Gasteiger partial charge in [0.05, 0.1) is 5.92 Å². The van der Waals surface area contributed by atoms with Crippen LogP contribution in [0.1, 0.15) is 30.4 Å². The van der Waals surface area contributed by atoms with E-state index in [2.05, 4.69) is 29.6 Å². The first-order valence-electron chi connectivity index (χ1n) is 7.63. The number of hydrogen-bond acceptors (Lipinski definition) is 2. The molecule has 1 aromatic rings. The summed E-state index contributed by atoms with van der Waals surface area (Å²) in [5.41, 5.74) is 2.91. The van der Waals surface area contributed by atoms with Crippen molar-refractivity contribution in [3.63, 3.8) is 0 Å². The number of hydrogen-bond donors (Lipinski definition) is 1. The summed E-state index contributed by atoms with van der Waals surface area (Å²) in [6.45, 7) is 0. The second-order valence-electron chi connectivity index (χ2n) is 6.57. The third-order valence-electron chi connectivity index (χ3n) is 5.55. The summed E-state index contributed by atoms with van der Waals surface area (Å²) in [7, 11) is 0. The van der Waals surface area contributed by atoms with E-state index in [9.17, 15) is 9.59 Å². The second kappa shape index (κ2) is 4.44. The zero-order valence-electron chi connectivity index (χ0n) is 11.5. The van der Waals surface area contributed by atoms with Crippen LogP contribution in [0.2, 0.25) is 0 Å². The average Bonchev–Trinajstić information content (AvgIpc) is 2.88. The van der Waals surface area contributed by atoms with E-state index in [0.717, 1.165) is 12.8 Å². The number of carbonyl (C=O) groups is 2. The Morgan fingerprint density at radius 1 is 0.900 bits per heavy atom. The van der Waals surface area contributed by atoms with E-state index in [4.69, 9.17) is 0 Å². The molecule has 3 unspecified atom stereocenters. The van der Waals surface area contributed by atoms with Crippen LogP contribution in [0.4, 0.5) is 0 Å². The second-order valence-corrected chi connectivity index (χ2v) is 6.57. The van der Waals surface area contributed by atoms with Crippen LogP contribution < -0.4 is 5.32 Å². The molecule has 3 heteroatoms. The van der Waals surface area contributed by atoms with E-state index in [-0.39, 0.29) is 17.7 Å². The van der Waals surface area contributed by atoms with Crippen LogP contribution in [0.15, 0.2) is 24.3 Å². The highest BCUT2D eigenvalue weighted by molar-refractivity contribution is 6.03. The Labute approximate surface area is 118 Å². The number of rotatable bonds is 1. The lowest BCUT2D eigenvalue weighted by atomic mass is 9.77. The van der Waals surface area contributed by atoms with Gasteiger partial charge in [-0.15, -0.1) is 0 Å². The molecule has 3 aliphatic rings. The zero-order chi connectivity index (χ0) is 13.7. The van der Waals surface area contributed by atoms with Crippen molar-refractivity contribution in [3.05, 3.63) is 35.4 Å². The topological polar surface area (TPSA) is 46.2 Å². The van der Waals surface area contributed by atoms with E-state index in [1.54, 1.807) is 0 Å². The van der Waals surface area contributed by atoms with Crippen LogP contribution in [0, 0.1) is 23.7 Å². The molecule has 1 saturated heterocycles. The molecule has 0 spiro atoms. The van der Waals surface area contributed by atoms with E-state index in [0.29, 0.717) is 24.2 Å². The Kier molecular flexibility index (Phi) is 2.69. The molecule has 4 rings (SSSR count). The van der Waals surface area contributed by atoms with Crippen molar-refractivity contribution >= 4 is 11.8 Å². The first-order valence-corrected chi connectivity index (χ1v) is 7.63. The van der Waals surface area contributed by atoms with Crippen molar-refractivity contribution in [2.45, 2.75) is 32.1 Å². The summed E-state index contributed by atoms with van der Waals surface area (Å²) in [6, 6.07) is 8.68. The van der Waals surface area contributed by atoms with Gasteiger partial charge in [0, 0.05) is 6.42 Å². The summed E-state index contributed by atoms with van der Waals surface area (Å²) in [5.74, 6) is 1.36. The minimum absolute atomic E-state index is 0.0251. The number of imide groups is 1. The maximum atomic E-state index is 12.1. The van der Waals surface area contributed by atoms with Crippen molar-refractivity contribution in [3.8, 4) is 0 Å². The van der Waals surface area contributed by atoms with Gasteiger partial charge < -0.3 is 0 Å². The highest BCUT2D eigenvalue weighted by Gasteiger charge is 2.48. The molecule has 0 aromatic heterocycles. The van der Waals surface area contributed by atoms with Crippen molar-refractivity contribution < 1.29 is 9.59 Å². The van der Waals surface area contributed by atoms with Gasteiger partial charge in [0.25, 0.3) is 0 Å². The SMILES string of the molecule is O=C1CC(C2C3CCC2Cc2ccccc2C3)C(=O)N1. The van der Waals surface area contributed by atoms with Gasteiger partial charge in [-0.05, 0) is 54.6 Å². The van der Waals surface area contributed by atoms with Gasteiger partial charge in [-0.25, -0.2) is 0 Å². The minimum atomic E-state index is -0.0823. The Morgan fingerprint density at radius 2 is 1.50 bits per heavy atom. The Bertz CT molecular complexity index is 547. The molecular weight excluding hydrogens is 250 g/mol. The fourth-order valence-corrected chi connectivity index (χ4v) is 4.74. The molecule has 0 radical (unpaired) electrons. The molecule has 2 amide bonds. The van der Waals surface area contributed by atoms with E-state index >= 15 is 0 Å². The van der Waals surface area contributed by atoms with Crippen molar-refractivity contribution in [1.29, 1.82) is 0 Å². The van der Waals surface area contributed by atoms with E-state index in [1.165, 1.54) is 24.0 Å². The Hall–Kier alpha value is -1.64. The molecule has 1 aromatic carbocycles. The van der Waals surface area contributed by atoms with Crippen LogP contribution in [0.25, 0.3) is 0 Å². The van der Waals surface area contributed by atoms with Crippen LogP contribution in [0.3, 0.4) is 0 Å². The first-order chi connectivity index (χ1) is 9.72. The van der Waals surface area contributed by atoms with Crippen LogP contribution >= 0.6 is 0 Å². The number of carbonyl (C=O) groups excluding carboxylic acids is 2. The van der Waals surface area contributed by atoms with Crippen molar-refractivity contribution in [2.75, 3.05) is 0 Å². The Balaban J connectivity index is 1.67. The first kappa shape index (κ1) is 12.1. The summed E-state index contributed by atoms with van der Waals surface area (Å²) in [6.07, 6.45) is 4.99. The quantitative estimate of drug-likeness (QED) is 0.794. The predicted molar refractivity (Wildman–Crippen MR) is 74.8 cm³/mol. The lowest BCUT2D eigenvalue weighted by molar-refractivity contribution is -0.126. The largest absolute Gasteiger partial charge is 0.296 e. The van der Waals surface area contributed by atoms with Gasteiger partial charge in [-0.3, -0.25) is 14.9 Å². The molecule has 2 fully saturated rings. The molecule has 1 aliphatic heterocycles. The van der Waals surface area contributed by atoms with Gasteiger partial charge in [-0.2, -0.15) is 0 Å². The monoisotopic (exact) mass is 269 g/mol. The van der Waals surface area contributed by atoms with E-state index < -0.39 is 0 Å². The average molecular weight is 269 g/mol. The molecule has 104 valence electrons. The molecule has 1 saturated carbocycles. The molecule has 20 heavy (non-hydrogen) atoms. The lowest BCUT2D eigenvalue weighted by Crippen LogP contribution is -2.31. The number of benzene rings is 1. The van der Waals surface area contributed by atoms with Crippen molar-refractivity contribution in [2.24, 2.45) is 23.7 Å². The summed E-state index contributed by atoms with van der Waals surface area (Å²) in [4.78, 5) is 23.6. The smallest absolute Gasteiger partial charge is 0.230 e. The highest BCUT2D eigenvalue weighted by Crippen LogP contribution is 2.49. The van der Waals surface area contributed by atoms with Crippen molar-refractivity contribution in [1.82, 2.24) is 5.32 Å². The van der Waals surface area contributed by atoms with Gasteiger partial charge in [0.1, 0.15) is 0 Å². The molecule has 2 aliphatic carbocycles. The molecular formula is C17H19NO2. The van der Waals surface area contributed by atoms with E-state index in [1.807, 2.05) is 0 Å². The van der Waals surface area contributed by atoms with Crippen LogP contribution in [-0.2, 0) is 22.4 Å². The molecule has 3 nitrogen and oxygen atoms in total. The van der Waals surface area contributed by atoms with Gasteiger partial charge in [0.2, 0.25) is 11.8 Å². The highest BCUT2D eigenvalue weighted by atomic mass is 16.2. The number of amides is 2. The molecule has 2 bridgehead atoms. The summed E-state index contributed by atoms with van der Waals surface area (Å²) in [5, 5.41) is 2.50. The summed E-state index contributed by atoms with van der Waals surface area (Å²) >= 11 is 0. The maximum Gasteiger partial charge on any atom is 0.230 e. The third-order valence-corrected chi connectivity index (χ3v) is 5.55. The summed E-state index contributed by atoms with van der Waals surface area (Å²) < 4.78 is 0. The zero-order valence-corrected chi connectivity index (χ0v) is 11.5. The number of nitrogens with one attached hydrogen (secondary N) is 1. The minimum Gasteiger partial charge on any atom is -0.296 e. The van der Waals surface area contributed by atoms with Gasteiger partial charge in [0.15, 0.2) is 0 Å². The van der Waals surface area contributed by atoms with Gasteiger partial charge in [-0.1, -0.05) is 24.3 Å². The molecule has 1 N–H and O–H groups in total. The normalized spacial score (nSPS) is 35.6. The standard InChI is InChI=1S/C17H19NO2/c19-15-9-14(17(20)18-15)16-12-5-6-13(16)8-11-4-2-1-3-10(11)7-12/h1-4,12-14,16H,5-9H2,(H,18,19,20). The molecule has 1 heterocycles. The van der Waals surface area contributed by atoms with Gasteiger partial charge >= 0.3 is 0 Å². The predicted octanol–water partition coefficient (Wildman–Crippen LogP) is 2.09. The molecule has 3 atom stereocenters. The third kappa shape index (κ3) is 1.80.